The highest BCUT2D eigenvalue weighted by atomic mass is 19.1. The van der Waals surface area contributed by atoms with Gasteiger partial charge in [0.15, 0.2) is 0 Å². The van der Waals surface area contributed by atoms with E-state index >= 15 is 0 Å². The van der Waals surface area contributed by atoms with Crippen LogP contribution in [0.2, 0.25) is 0 Å². The van der Waals surface area contributed by atoms with Crippen LogP contribution in [-0.2, 0) is 0 Å². The molecule has 0 radical (unpaired) electrons. The predicted molar refractivity (Wildman–Crippen MR) is 55.4 cm³/mol. The van der Waals surface area contributed by atoms with Crippen molar-refractivity contribution in [2.75, 3.05) is 0 Å². The van der Waals surface area contributed by atoms with E-state index in [1.54, 1.807) is 6.07 Å². The summed E-state index contributed by atoms with van der Waals surface area (Å²) < 4.78 is 13.5. The van der Waals surface area contributed by atoms with E-state index in [2.05, 4.69) is 10.2 Å². The Bertz CT molecular complexity index is 433. The van der Waals surface area contributed by atoms with Crippen LogP contribution in [0.5, 0.6) is 0 Å². The van der Waals surface area contributed by atoms with Crippen molar-refractivity contribution in [2.45, 2.75) is 20.3 Å². The number of hydrogen-bond acceptors (Lipinski definition) is 2. The lowest BCUT2D eigenvalue weighted by Gasteiger charge is -2.02. The lowest BCUT2D eigenvalue weighted by atomic mass is 10.0. The summed E-state index contributed by atoms with van der Waals surface area (Å²) in [7, 11) is 0. The van der Waals surface area contributed by atoms with Crippen molar-refractivity contribution in [1.29, 1.82) is 0 Å². The molecule has 0 aliphatic carbocycles. The van der Waals surface area contributed by atoms with Crippen molar-refractivity contribution in [3.05, 3.63) is 35.1 Å². The molecule has 1 aromatic rings. The maximum atomic E-state index is 13.5. The van der Waals surface area contributed by atoms with Gasteiger partial charge in [-0.25, -0.2) is 4.39 Å². The van der Waals surface area contributed by atoms with Crippen LogP contribution >= 0.6 is 0 Å². The van der Waals surface area contributed by atoms with Gasteiger partial charge in [-0.15, -0.1) is 0 Å². The molecule has 0 saturated heterocycles. The third-order valence-electron chi connectivity index (χ3n) is 2.20. The number of nitrogens with zero attached hydrogens (tertiary/aromatic N) is 2. The summed E-state index contributed by atoms with van der Waals surface area (Å²) >= 11 is 0. The Hall–Kier alpha value is -1.51. The van der Waals surface area contributed by atoms with Crippen LogP contribution in [0.1, 0.15) is 24.5 Å². The standard InChI is InChI=1S/C11H11FN2/c1-7-3-4-9(10(12)5-7)11-6-8(2)13-14-11/h3-5H,6H2,1-2H3. The lowest BCUT2D eigenvalue weighted by molar-refractivity contribution is 0.624. The molecule has 2 nitrogen and oxygen atoms in total. The minimum absolute atomic E-state index is 0.214. The molecule has 0 bridgehead atoms. The molecule has 14 heavy (non-hydrogen) atoms. The Morgan fingerprint density at radius 2 is 2.00 bits per heavy atom. The topological polar surface area (TPSA) is 24.7 Å². The van der Waals surface area contributed by atoms with Crippen LogP contribution in [-0.4, -0.2) is 11.4 Å². The number of aryl methyl sites for hydroxylation is 1. The van der Waals surface area contributed by atoms with Crippen LogP contribution in [0.15, 0.2) is 28.4 Å². The molecule has 1 heterocycles. The van der Waals surface area contributed by atoms with Crippen LogP contribution in [0.4, 0.5) is 4.39 Å². The van der Waals surface area contributed by atoms with E-state index in [9.17, 15) is 4.39 Å². The summed E-state index contributed by atoms with van der Waals surface area (Å²) in [4.78, 5) is 0. The zero-order valence-corrected chi connectivity index (χ0v) is 8.21. The van der Waals surface area contributed by atoms with E-state index in [0.717, 1.165) is 17.0 Å². The van der Waals surface area contributed by atoms with Crippen LogP contribution in [0.25, 0.3) is 0 Å². The third kappa shape index (κ3) is 1.58. The van der Waals surface area contributed by atoms with Gasteiger partial charge in [0.2, 0.25) is 0 Å². The summed E-state index contributed by atoms with van der Waals surface area (Å²) in [6.07, 6.45) is 0.653. The number of hydrogen-bond donors (Lipinski definition) is 0. The van der Waals surface area contributed by atoms with Gasteiger partial charge in [0.1, 0.15) is 5.82 Å². The van der Waals surface area contributed by atoms with Gasteiger partial charge in [-0.05, 0) is 31.5 Å². The summed E-state index contributed by atoms with van der Waals surface area (Å²) in [5, 5.41) is 7.84. The fourth-order valence-corrected chi connectivity index (χ4v) is 1.46. The first-order valence-corrected chi connectivity index (χ1v) is 4.53. The molecule has 0 fully saturated rings. The Morgan fingerprint density at radius 1 is 1.21 bits per heavy atom. The van der Waals surface area contributed by atoms with Gasteiger partial charge in [-0.2, -0.15) is 10.2 Å². The molecular weight excluding hydrogens is 179 g/mol. The van der Waals surface area contributed by atoms with Crippen molar-refractivity contribution < 1.29 is 4.39 Å². The second kappa shape index (κ2) is 3.33. The van der Waals surface area contributed by atoms with E-state index in [1.165, 1.54) is 6.07 Å². The normalized spacial score (nSPS) is 15.4. The first-order chi connectivity index (χ1) is 6.66. The number of benzene rings is 1. The molecule has 0 aromatic heterocycles. The summed E-state index contributed by atoms with van der Waals surface area (Å²) in [6, 6.07) is 5.16. The van der Waals surface area contributed by atoms with Crippen molar-refractivity contribution in [3.8, 4) is 0 Å². The molecule has 1 aromatic carbocycles. The van der Waals surface area contributed by atoms with Crippen molar-refractivity contribution in [1.82, 2.24) is 0 Å². The minimum atomic E-state index is -0.214. The SMILES string of the molecule is CC1=NN=C(c2ccc(C)cc2F)C1. The monoisotopic (exact) mass is 190 g/mol. The average molecular weight is 190 g/mol. The fourth-order valence-electron chi connectivity index (χ4n) is 1.46. The van der Waals surface area contributed by atoms with Crippen LogP contribution < -0.4 is 0 Å². The van der Waals surface area contributed by atoms with Crippen LogP contribution in [0.3, 0.4) is 0 Å². The quantitative estimate of drug-likeness (QED) is 0.650. The molecule has 1 aliphatic heterocycles. The van der Waals surface area contributed by atoms with Gasteiger partial charge < -0.3 is 0 Å². The number of rotatable bonds is 1. The van der Waals surface area contributed by atoms with Gasteiger partial charge >= 0.3 is 0 Å². The average Bonchev–Trinajstić information content (AvgIpc) is 2.51. The molecule has 1 aliphatic rings. The summed E-state index contributed by atoms with van der Waals surface area (Å²) in [5.74, 6) is -0.214. The molecule has 0 saturated carbocycles. The number of halogens is 1. The zero-order valence-electron chi connectivity index (χ0n) is 8.21. The Labute approximate surface area is 82.2 Å². The molecule has 0 atom stereocenters. The van der Waals surface area contributed by atoms with Gasteiger partial charge in [-0.3, -0.25) is 0 Å². The Kier molecular flexibility index (Phi) is 2.15. The highest BCUT2D eigenvalue weighted by Crippen LogP contribution is 2.16. The molecule has 0 unspecified atom stereocenters. The largest absolute Gasteiger partial charge is 0.206 e. The minimum Gasteiger partial charge on any atom is -0.206 e. The fraction of sp³-hybridized carbons (Fsp3) is 0.273. The predicted octanol–water partition coefficient (Wildman–Crippen LogP) is 2.70. The van der Waals surface area contributed by atoms with E-state index in [0.29, 0.717) is 12.0 Å². The maximum absolute atomic E-state index is 13.5. The van der Waals surface area contributed by atoms with Gasteiger partial charge in [0.05, 0.1) is 5.71 Å². The molecular formula is C11H11FN2. The maximum Gasteiger partial charge on any atom is 0.132 e. The third-order valence-corrected chi connectivity index (χ3v) is 2.20. The summed E-state index contributed by atoms with van der Waals surface area (Å²) in [6.45, 7) is 3.76. The molecule has 0 N–H and O–H groups in total. The van der Waals surface area contributed by atoms with Crippen molar-refractivity contribution in [2.24, 2.45) is 10.2 Å². The molecule has 3 heteroatoms. The van der Waals surface area contributed by atoms with E-state index in [-0.39, 0.29) is 5.82 Å². The van der Waals surface area contributed by atoms with Gasteiger partial charge in [0.25, 0.3) is 0 Å². The van der Waals surface area contributed by atoms with Gasteiger partial charge in [0, 0.05) is 17.7 Å². The van der Waals surface area contributed by atoms with Crippen LogP contribution in [0, 0.1) is 12.7 Å². The van der Waals surface area contributed by atoms with E-state index < -0.39 is 0 Å². The van der Waals surface area contributed by atoms with Crippen molar-refractivity contribution in [3.63, 3.8) is 0 Å². The molecule has 0 spiro atoms. The second-order valence-electron chi connectivity index (χ2n) is 3.54. The highest BCUT2D eigenvalue weighted by Gasteiger charge is 2.14. The lowest BCUT2D eigenvalue weighted by Crippen LogP contribution is -2.04. The zero-order chi connectivity index (χ0) is 10.1. The highest BCUT2D eigenvalue weighted by molar-refractivity contribution is 6.14. The van der Waals surface area contributed by atoms with Gasteiger partial charge in [-0.1, -0.05) is 6.07 Å². The van der Waals surface area contributed by atoms with E-state index in [4.69, 9.17) is 0 Å². The molecule has 0 amide bonds. The first-order valence-electron chi connectivity index (χ1n) is 4.53. The smallest absolute Gasteiger partial charge is 0.132 e. The molecule has 72 valence electrons. The second-order valence-corrected chi connectivity index (χ2v) is 3.54. The van der Waals surface area contributed by atoms with Crippen molar-refractivity contribution >= 4 is 11.4 Å². The Morgan fingerprint density at radius 3 is 2.57 bits per heavy atom. The Balaban J connectivity index is 2.35. The summed E-state index contributed by atoms with van der Waals surface area (Å²) in [5.41, 5.74) is 3.14. The molecule has 2 rings (SSSR count). The first kappa shape index (κ1) is 9.06. The van der Waals surface area contributed by atoms with E-state index in [1.807, 2.05) is 19.9 Å².